The zero-order chi connectivity index (χ0) is 32.5. The highest BCUT2D eigenvalue weighted by Gasteiger charge is 2.51. The van der Waals surface area contributed by atoms with Crippen molar-refractivity contribution in [3.8, 4) is 0 Å². The molecule has 6 atom stereocenters. The van der Waals surface area contributed by atoms with Crippen molar-refractivity contribution in [1.82, 2.24) is 0 Å². The van der Waals surface area contributed by atoms with Gasteiger partial charge >= 0.3 is 0 Å². The molecule has 2 heterocycles. The van der Waals surface area contributed by atoms with E-state index in [1.54, 1.807) is 0 Å². The lowest BCUT2D eigenvalue weighted by Crippen LogP contribution is -2.45. The first-order chi connectivity index (χ1) is 20.4. The summed E-state index contributed by atoms with van der Waals surface area (Å²) < 4.78 is 12.9. The summed E-state index contributed by atoms with van der Waals surface area (Å²) in [6, 6.07) is 0. The minimum absolute atomic E-state index is 0.0509. The van der Waals surface area contributed by atoms with Gasteiger partial charge in [0, 0.05) is 12.8 Å². The standard InChI is InChI=1S/C40H56O4/c1-27(17-13-19-29(3)33-21-35-37(5,6)23-31(41)25-39(35,9)43-33)15-11-12-16-28(2)18-14-20-30(4)34-22-36-38(7,8)24-32(42)26-40(36,10)44-34/h11-22,31-34,41-42H,23-26H2,1-10H3/b12-11+,17-13+,18-14+,27-15+,28-16+,29-19+,30-20+/t31-,32-,33-,34-,39+,40+/m0/s1. The Morgan fingerprint density at radius 1 is 0.591 bits per heavy atom. The highest BCUT2D eigenvalue weighted by molar-refractivity contribution is 5.39. The van der Waals surface area contributed by atoms with Crippen molar-refractivity contribution >= 4 is 0 Å². The molecule has 0 unspecified atom stereocenters. The number of ether oxygens (including phenoxy) is 2. The Morgan fingerprint density at radius 3 is 1.32 bits per heavy atom. The van der Waals surface area contributed by atoms with Crippen LogP contribution in [0, 0.1) is 10.8 Å². The van der Waals surface area contributed by atoms with Gasteiger partial charge in [0.1, 0.15) is 0 Å². The second-order valence-corrected chi connectivity index (χ2v) is 15.3. The van der Waals surface area contributed by atoms with Crippen molar-refractivity contribution in [2.45, 2.75) is 131 Å². The summed E-state index contributed by atoms with van der Waals surface area (Å²) in [7, 11) is 0. The van der Waals surface area contributed by atoms with Crippen molar-refractivity contribution in [1.29, 1.82) is 0 Å². The summed E-state index contributed by atoms with van der Waals surface area (Å²) in [5.41, 5.74) is 6.43. The lowest BCUT2D eigenvalue weighted by atomic mass is 9.65. The van der Waals surface area contributed by atoms with Crippen molar-refractivity contribution in [2.24, 2.45) is 10.8 Å². The van der Waals surface area contributed by atoms with Gasteiger partial charge in [-0.2, -0.15) is 0 Å². The second-order valence-electron chi connectivity index (χ2n) is 15.3. The molecule has 44 heavy (non-hydrogen) atoms. The molecule has 4 aliphatic rings. The lowest BCUT2D eigenvalue weighted by Gasteiger charge is -2.44. The Balaban J connectivity index is 1.29. The van der Waals surface area contributed by atoms with Crippen molar-refractivity contribution in [3.05, 3.63) is 106 Å². The molecule has 0 radical (unpaired) electrons. The first-order valence-corrected chi connectivity index (χ1v) is 16.3. The lowest BCUT2D eigenvalue weighted by molar-refractivity contribution is -0.0688. The van der Waals surface area contributed by atoms with Crippen molar-refractivity contribution in [2.75, 3.05) is 0 Å². The zero-order valence-electron chi connectivity index (χ0n) is 28.8. The Bertz CT molecular complexity index is 1270. The Morgan fingerprint density at radius 2 is 0.955 bits per heavy atom. The van der Waals surface area contributed by atoms with Gasteiger partial charge in [0.2, 0.25) is 0 Å². The molecule has 0 bridgehead atoms. The van der Waals surface area contributed by atoms with Crippen LogP contribution in [-0.4, -0.2) is 45.8 Å². The third-order valence-electron chi connectivity index (χ3n) is 9.91. The summed E-state index contributed by atoms with van der Waals surface area (Å²) in [5, 5.41) is 20.8. The summed E-state index contributed by atoms with van der Waals surface area (Å²) in [4.78, 5) is 0. The molecule has 4 nitrogen and oxygen atoms in total. The highest BCUT2D eigenvalue weighted by atomic mass is 16.5. The van der Waals surface area contributed by atoms with Gasteiger partial charge in [-0.1, -0.05) is 99.6 Å². The molecule has 0 saturated heterocycles. The van der Waals surface area contributed by atoms with E-state index in [0.29, 0.717) is 12.8 Å². The largest absolute Gasteiger partial charge is 0.393 e. The molecule has 240 valence electrons. The van der Waals surface area contributed by atoms with E-state index in [9.17, 15) is 10.2 Å². The SMILES string of the molecule is CC(/C=C/C=C(\C)[C@@H]1C=C2C(C)(C)C[C@H](O)C[C@@]2(C)O1)=C\C=C\C=C(C)\C=C\C=C(/C)[C@@H]1C=C2C(C)(C)C[C@H](O)C[C@@]2(C)O1. The van der Waals surface area contributed by atoms with Crippen LogP contribution in [0.2, 0.25) is 0 Å². The smallest absolute Gasteiger partial charge is 0.0982 e. The molecule has 0 spiro atoms. The van der Waals surface area contributed by atoms with Gasteiger partial charge in [0.05, 0.1) is 35.6 Å². The van der Waals surface area contributed by atoms with E-state index in [1.807, 2.05) is 0 Å². The average Bonchev–Trinajstić information content (AvgIpc) is 3.43. The van der Waals surface area contributed by atoms with Crippen LogP contribution in [0.3, 0.4) is 0 Å². The molecule has 2 N–H and O–H groups in total. The van der Waals surface area contributed by atoms with Gasteiger partial charge in [0.15, 0.2) is 0 Å². The van der Waals surface area contributed by atoms with E-state index in [1.165, 1.54) is 22.3 Å². The fraction of sp³-hybridized carbons (Fsp3) is 0.550. The predicted molar refractivity (Wildman–Crippen MR) is 183 cm³/mol. The van der Waals surface area contributed by atoms with Gasteiger partial charge in [-0.15, -0.1) is 0 Å². The Kier molecular flexibility index (Phi) is 10.2. The van der Waals surface area contributed by atoms with Crippen molar-refractivity contribution < 1.29 is 19.7 Å². The summed E-state index contributed by atoms with van der Waals surface area (Å²) in [6.07, 6.45) is 27.7. The molecule has 4 heteroatoms. The third-order valence-corrected chi connectivity index (χ3v) is 9.91. The Labute approximate surface area is 267 Å². The monoisotopic (exact) mass is 600 g/mol. The molecular weight excluding hydrogens is 544 g/mol. The molecule has 2 aliphatic carbocycles. The average molecular weight is 601 g/mol. The topological polar surface area (TPSA) is 58.9 Å². The molecule has 0 amide bonds. The first-order valence-electron chi connectivity index (χ1n) is 16.3. The zero-order valence-corrected chi connectivity index (χ0v) is 28.8. The van der Waals surface area contributed by atoms with E-state index in [0.717, 1.165) is 24.0 Å². The quantitative estimate of drug-likeness (QED) is 0.216. The van der Waals surface area contributed by atoms with Gasteiger partial charge in [-0.3, -0.25) is 0 Å². The van der Waals surface area contributed by atoms with E-state index in [4.69, 9.17) is 9.47 Å². The Hall–Kier alpha value is -2.50. The molecule has 2 saturated carbocycles. The van der Waals surface area contributed by atoms with Crippen LogP contribution in [0.1, 0.15) is 94.9 Å². The van der Waals surface area contributed by atoms with Crippen LogP contribution in [-0.2, 0) is 9.47 Å². The number of aliphatic hydroxyl groups is 2. The normalized spacial score (nSPS) is 36.3. The first kappa shape index (κ1) is 34.4. The van der Waals surface area contributed by atoms with Gasteiger partial charge < -0.3 is 19.7 Å². The van der Waals surface area contributed by atoms with Gasteiger partial charge in [-0.25, -0.2) is 0 Å². The van der Waals surface area contributed by atoms with Gasteiger partial charge in [-0.05, 0) is 99.7 Å². The number of aliphatic hydroxyl groups excluding tert-OH is 2. The minimum Gasteiger partial charge on any atom is -0.393 e. The van der Waals surface area contributed by atoms with E-state index in [-0.39, 0.29) is 46.4 Å². The van der Waals surface area contributed by atoms with Crippen LogP contribution in [0.4, 0.5) is 0 Å². The van der Waals surface area contributed by atoms with Crippen LogP contribution < -0.4 is 0 Å². The predicted octanol–water partition coefficient (Wildman–Crippen LogP) is 8.97. The van der Waals surface area contributed by atoms with Crippen molar-refractivity contribution in [3.63, 3.8) is 0 Å². The van der Waals surface area contributed by atoms with Gasteiger partial charge in [0.25, 0.3) is 0 Å². The molecule has 4 rings (SSSR count). The minimum atomic E-state index is -0.386. The number of rotatable bonds is 8. The maximum absolute atomic E-state index is 10.4. The van der Waals surface area contributed by atoms with E-state index in [2.05, 4.69) is 142 Å². The molecule has 0 aromatic heterocycles. The fourth-order valence-electron chi connectivity index (χ4n) is 7.92. The number of hydrogen-bond donors (Lipinski definition) is 2. The number of hydrogen-bond acceptors (Lipinski definition) is 4. The molecule has 2 aliphatic heterocycles. The molecular formula is C40H56O4. The maximum Gasteiger partial charge on any atom is 0.0982 e. The second kappa shape index (κ2) is 13.1. The fourth-order valence-corrected chi connectivity index (χ4v) is 7.92. The van der Waals surface area contributed by atoms with E-state index >= 15 is 0 Å². The number of fused-ring (bicyclic) bond motifs is 2. The summed E-state index contributed by atoms with van der Waals surface area (Å²) >= 11 is 0. The van der Waals surface area contributed by atoms with Crippen LogP contribution in [0.25, 0.3) is 0 Å². The summed E-state index contributed by atoms with van der Waals surface area (Å²) in [5.74, 6) is 0. The van der Waals surface area contributed by atoms with E-state index < -0.39 is 0 Å². The highest BCUT2D eigenvalue weighted by Crippen LogP contribution is 2.53. The van der Waals surface area contributed by atoms with Crippen LogP contribution >= 0.6 is 0 Å². The molecule has 0 aromatic rings. The van der Waals surface area contributed by atoms with Crippen LogP contribution in [0.15, 0.2) is 106 Å². The maximum atomic E-state index is 10.4. The molecule has 2 fully saturated rings. The third kappa shape index (κ3) is 7.83. The number of allylic oxidation sites excluding steroid dienone is 12. The summed E-state index contributed by atoms with van der Waals surface area (Å²) in [6.45, 7) is 21.5. The molecule has 0 aromatic carbocycles. The van der Waals surface area contributed by atoms with Crippen LogP contribution in [0.5, 0.6) is 0 Å².